The Morgan fingerprint density at radius 1 is 0.319 bits per heavy atom. The number of benzene rings is 9. The third kappa shape index (κ3) is 3.81. The van der Waals surface area contributed by atoms with E-state index in [4.69, 9.17) is 0 Å². The van der Waals surface area contributed by atoms with Gasteiger partial charge in [-0.2, -0.15) is 0 Å². The van der Waals surface area contributed by atoms with Crippen molar-refractivity contribution in [1.82, 2.24) is 0 Å². The standard InChI is InChI=1S/C46H32Si/c1-47(2)42-17-7-6-14-38(42)40-16-9-15-39-37(24-25-43(47)46(39)40)35-27-33(29-10-4-3-5-11-29)26-34(28-35)36-22-20-32-19-18-30-12-8-13-31-21-23-41(36)45(32)44(30)31/h3-28H,1-2H3. The molecule has 9 aromatic rings. The summed E-state index contributed by atoms with van der Waals surface area (Å²) in [5.74, 6) is 0. The van der Waals surface area contributed by atoms with Crippen LogP contribution in [0.4, 0.5) is 0 Å². The van der Waals surface area contributed by atoms with Crippen LogP contribution in [0.2, 0.25) is 13.1 Å². The molecule has 0 bridgehead atoms. The zero-order valence-electron chi connectivity index (χ0n) is 26.5. The molecule has 0 saturated heterocycles. The lowest BCUT2D eigenvalue weighted by Crippen LogP contribution is -2.55. The minimum absolute atomic E-state index is 1.23. The smallest absolute Gasteiger partial charge is 0.0623 e. The van der Waals surface area contributed by atoms with Crippen LogP contribution in [0.5, 0.6) is 0 Å². The molecule has 0 radical (unpaired) electrons. The van der Waals surface area contributed by atoms with E-state index < -0.39 is 8.07 Å². The van der Waals surface area contributed by atoms with Crippen molar-refractivity contribution in [3.63, 3.8) is 0 Å². The van der Waals surface area contributed by atoms with Crippen LogP contribution in [0.15, 0.2) is 158 Å². The van der Waals surface area contributed by atoms with E-state index in [0.717, 1.165) is 0 Å². The SMILES string of the molecule is C[Si]1(C)c2ccccc2-c2cccc3c(-c4cc(-c5ccccc5)cc(-c5ccc6ccc7cccc8ccc5c6c78)c4)ccc1c23. The van der Waals surface area contributed by atoms with Gasteiger partial charge in [-0.1, -0.05) is 153 Å². The van der Waals surface area contributed by atoms with Gasteiger partial charge in [-0.3, -0.25) is 0 Å². The molecule has 0 spiro atoms. The average molecular weight is 613 g/mol. The van der Waals surface area contributed by atoms with Crippen molar-refractivity contribution in [3.05, 3.63) is 158 Å². The Kier molecular flexibility index (Phi) is 5.54. The molecule has 0 unspecified atom stereocenters. The Hall–Kier alpha value is -5.50. The molecule has 0 aromatic heterocycles. The van der Waals surface area contributed by atoms with Crippen LogP contribution in [-0.2, 0) is 0 Å². The van der Waals surface area contributed by atoms with Crippen molar-refractivity contribution < 1.29 is 0 Å². The van der Waals surface area contributed by atoms with Crippen molar-refractivity contribution in [2.24, 2.45) is 0 Å². The molecule has 0 atom stereocenters. The molecule has 1 aliphatic rings. The topological polar surface area (TPSA) is 0 Å². The maximum absolute atomic E-state index is 2.51. The fourth-order valence-corrected chi connectivity index (χ4v) is 11.6. The van der Waals surface area contributed by atoms with E-state index >= 15 is 0 Å². The third-order valence-electron chi connectivity index (χ3n) is 10.8. The Morgan fingerprint density at radius 2 is 0.894 bits per heavy atom. The molecule has 0 N–H and O–H groups in total. The molecule has 220 valence electrons. The second-order valence-electron chi connectivity index (χ2n) is 13.7. The summed E-state index contributed by atoms with van der Waals surface area (Å²) in [5.41, 5.74) is 10.3. The van der Waals surface area contributed by atoms with Gasteiger partial charge in [-0.05, 0) is 116 Å². The van der Waals surface area contributed by atoms with Gasteiger partial charge >= 0.3 is 0 Å². The maximum atomic E-state index is 2.51. The molecule has 9 aromatic carbocycles. The lowest BCUT2D eigenvalue weighted by atomic mass is 9.86. The molecule has 10 rings (SSSR count). The monoisotopic (exact) mass is 612 g/mol. The first-order chi connectivity index (χ1) is 23.1. The Bertz CT molecular complexity index is 2680. The van der Waals surface area contributed by atoms with Gasteiger partial charge in [0.2, 0.25) is 0 Å². The highest BCUT2D eigenvalue weighted by atomic mass is 28.3. The van der Waals surface area contributed by atoms with Crippen LogP contribution in [-0.4, -0.2) is 8.07 Å². The number of hydrogen-bond donors (Lipinski definition) is 0. The number of fused-ring (bicyclic) bond motifs is 2. The lowest BCUT2D eigenvalue weighted by Gasteiger charge is -2.34. The fourth-order valence-electron chi connectivity index (χ4n) is 8.53. The van der Waals surface area contributed by atoms with Gasteiger partial charge in [0.05, 0.1) is 0 Å². The summed E-state index contributed by atoms with van der Waals surface area (Å²) in [5, 5.41) is 13.8. The van der Waals surface area contributed by atoms with Gasteiger partial charge in [-0.15, -0.1) is 0 Å². The zero-order valence-corrected chi connectivity index (χ0v) is 27.5. The van der Waals surface area contributed by atoms with Crippen molar-refractivity contribution in [1.29, 1.82) is 0 Å². The second kappa shape index (κ2) is 9.75. The summed E-state index contributed by atoms with van der Waals surface area (Å²) < 4.78 is 0. The van der Waals surface area contributed by atoms with Crippen LogP contribution < -0.4 is 10.4 Å². The van der Waals surface area contributed by atoms with Crippen molar-refractivity contribution in [2.45, 2.75) is 13.1 Å². The summed E-state index contributed by atoms with van der Waals surface area (Å²) in [6.45, 7) is 5.02. The first-order valence-corrected chi connectivity index (χ1v) is 19.6. The van der Waals surface area contributed by atoms with Crippen LogP contribution in [0.25, 0.3) is 87.6 Å². The van der Waals surface area contributed by atoms with E-state index in [-0.39, 0.29) is 0 Å². The molecule has 0 aliphatic carbocycles. The highest BCUT2D eigenvalue weighted by Gasteiger charge is 2.35. The first-order valence-electron chi connectivity index (χ1n) is 16.6. The Labute approximate surface area is 275 Å². The maximum Gasteiger partial charge on any atom is 0.113 e. The van der Waals surface area contributed by atoms with Crippen LogP contribution >= 0.6 is 0 Å². The van der Waals surface area contributed by atoms with E-state index in [9.17, 15) is 0 Å². The summed E-state index contributed by atoms with van der Waals surface area (Å²) in [7, 11) is -1.88. The molecule has 0 saturated carbocycles. The van der Waals surface area contributed by atoms with Crippen molar-refractivity contribution in [3.8, 4) is 44.5 Å². The molecule has 0 fully saturated rings. The van der Waals surface area contributed by atoms with E-state index in [1.165, 1.54) is 98.0 Å². The molecular formula is C46H32Si. The van der Waals surface area contributed by atoms with E-state index in [2.05, 4.69) is 171 Å². The van der Waals surface area contributed by atoms with Crippen molar-refractivity contribution >= 4 is 61.5 Å². The zero-order chi connectivity index (χ0) is 31.3. The molecule has 1 heterocycles. The minimum atomic E-state index is -1.88. The van der Waals surface area contributed by atoms with E-state index in [1.54, 1.807) is 0 Å². The van der Waals surface area contributed by atoms with Crippen molar-refractivity contribution in [2.75, 3.05) is 0 Å². The van der Waals surface area contributed by atoms with Crippen LogP contribution in [0.3, 0.4) is 0 Å². The van der Waals surface area contributed by atoms with E-state index in [0.29, 0.717) is 0 Å². The third-order valence-corrected chi connectivity index (χ3v) is 14.3. The predicted octanol–water partition coefficient (Wildman–Crippen LogP) is 11.5. The second-order valence-corrected chi connectivity index (χ2v) is 18.0. The lowest BCUT2D eigenvalue weighted by molar-refractivity contribution is 1.58. The predicted molar refractivity (Wildman–Crippen MR) is 206 cm³/mol. The Balaban J connectivity index is 1.27. The number of rotatable bonds is 3. The normalized spacial score (nSPS) is 13.5. The molecule has 1 aliphatic heterocycles. The van der Waals surface area contributed by atoms with Gasteiger partial charge in [0.1, 0.15) is 8.07 Å². The molecular weight excluding hydrogens is 581 g/mol. The largest absolute Gasteiger partial charge is 0.113 e. The first kappa shape index (κ1) is 26.7. The highest BCUT2D eigenvalue weighted by molar-refractivity contribution is 7.03. The number of hydrogen-bond acceptors (Lipinski definition) is 0. The van der Waals surface area contributed by atoms with Gasteiger partial charge in [-0.25, -0.2) is 0 Å². The molecule has 0 amide bonds. The Morgan fingerprint density at radius 3 is 1.68 bits per heavy atom. The quantitative estimate of drug-likeness (QED) is 0.138. The molecule has 1 heteroatoms. The van der Waals surface area contributed by atoms with Crippen LogP contribution in [0.1, 0.15) is 0 Å². The average Bonchev–Trinajstić information content (AvgIpc) is 3.13. The highest BCUT2D eigenvalue weighted by Crippen LogP contribution is 2.43. The van der Waals surface area contributed by atoms with Gasteiger partial charge in [0.15, 0.2) is 0 Å². The van der Waals surface area contributed by atoms with Gasteiger partial charge in [0.25, 0.3) is 0 Å². The summed E-state index contributed by atoms with van der Waals surface area (Å²) >= 11 is 0. The summed E-state index contributed by atoms with van der Waals surface area (Å²) in [6.07, 6.45) is 0. The molecule has 0 nitrogen and oxygen atoms in total. The van der Waals surface area contributed by atoms with E-state index in [1.807, 2.05) is 0 Å². The van der Waals surface area contributed by atoms with Gasteiger partial charge < -0.3 is 0 Å². The van der Waals surface area contributed by atoms with Crippen LogP contribution in [0, 0.1) is 0 Å². The summed E-state index contributed by atoms with van der Waals surface area (Å²) in [6, 6.07) is 59.4. The van der Waals surface area contributed by atoms with Gasteiger partial charge in [0, 0.05) is 0 Å². The summed E-state index contributed by atoms with van der Waals surface area (Å²) in [4.78, 5) is 0. The molecule has 47 heavy (non-hydrogen) atoms. The minimum Gasteiger partial charge on any atom is -0.0623 e. The fraction of sp³-hybridized carbons (Fsp3) is 0.0435.